The molecule has 2 heteroatoms. The first-order chi connectivity index (χ1) is 15.0. The van der Waals surface area contributed by atoms with Gasteiger partial charge >= 0.3 is 198 Å². The van der Waals surface area contributed by atoms with Crippen molar-refractivity contribution in [2.75, 3.05) is 0 Å². The maximum atomic E-state index is 7.23. The minimum atomic E-state index is -0.684. The third-order valence-corrected chi connectivity index (χ3v) is 5.96. The Labute approximate surface area is 197 Å². The number of benzene rings is 3. The van der Waals surface area contributed by atoms with Crippen LogP contribution < -0.4 is 0 Å². The molecule has 0 fully saturated rings. The Morgan fingerprint density at radius 1 is 0.774 bits per heavy atom. The fourth-order valence-corrected chi connectivity index (χ4v) is 4.64. The molecule has 1 atom stereocenters. The van der Waals surface area contributed by atoms with Crippen molar-refractivity contribution < 1.29 is 4.74 Å². The Bertz CT molecular complexity index is 836. The van der Waals surface area contributed by atoms with Crippen molar-refractivity contribution in [3.63, 3.8) is 0 Å². The molecule has 0 aliphatic rings. The molecule has 0 spiro atoms. The average Bonchev–Trinajstić information content (AvgIpc) is 2.79. The van der Waals surface area contributed by atoms with Gasteiger partial charge in [0.05, 0.1) is 0 Å². The predicted molar refractivity (Wildman–Crippen MR) is 132 cm³/mol. The van der Waals surface area contributed by atoms with Crippen molar-refractivity contribution in [3.8, 4) is 0 Å². The van der Waals surface area contributed by atoms with E-state index in [1.165, 1.54) is 12.8 Å². The quantitative estimate of drug-likeness (QED) is 0.255. The van der Waals surface area contributed by atoms with Gasteiger partial charge in [0.2, 0.25) is 0 Å². The van der Waals surface area contributed by atoms with Crippen molar-refractivity contribution in [3.05, 3.63) is 119 Å². The fraction of sp³-hybridized carbons (Fsp3) is 0.310. The summed E-state index contributed by atoms with van der Waals surface area (Å²) in [5, 5.41) is 0. The van der Waals surface area contributed by atoms with Crippen molar-refractivity contribution in [1.29, 1.82) is 0 Å². The Balaban J connectivity index is 2.19. The molecule has 1 nitrogen and oxygen atoms in total. The summed E-state index contributed by atoms with van der Waals surface area (Å²) in [4.78, 5) is 0. The number of ether oxygens (including phenoxy) is 1. The van der Waals surface area contributed by atoms with Crippen LogP contribution in [0.2, 0.25) is 0 Å². The van der Waals surface area contributed by atoms with Crippen molar-refractivity contribution in [2.45, 2.75) is 51.7 Å². The molecule has 0 bridgehead atoms. The standard InChI is InChI=1S/C29H33O.Li/c1-5-22-28(3,4)23-27(6-2)30-29(24-16-10-7-11-17-24,25-18-12-8-13-19-25)26-20-14-9-15-21-26;/h2,6-21,27H,5,22-23H2,1,3-4H3;. The van der Waals surface area contributed by atoms with Gasteiger partial charge in [-0.3, -0.25) is 0 Å². The average molecular weight is 405 g/mol. The van der Waals surface area contributed by atoms with Crippen LogP contribution >= 0.6 is 0 Å². The number of hydrogen-bond acceptors (Lipinski definition) is 1. The SMILES string of the molecule is [Li]/[CH]=C/C(CC(C)(C)CCC)OC(c1ccccc1)(c1ccccc1)c1ccccc1. The van der Waals surface area contributed by atoms with Crippen LogP contribution in [0.1, 0.15) is 56.7 Å². The van der Waals surface area contributed by atoms with Gasteiger partial charge in [-0.2, -0.15) is 0 Å². The van der Waals surface area contributed by atoms with E-state index in [0.717, 1.165) is 23.1 Å². The first-order valence-electron chi connectivity index (χ1n) is 11.5. The van der Waals surface area contributed by atoms with Gasteiger partial charge in [-0.25, -0.2) is 0 Å². The minimum absolute atomic E-state index is 0.00725. The van der Waals surface area contributed by atoms with Crippen LogP contribution in [0.4, 0.5) is 0 Å². The van der Waals surface area contributed by atoms with Crippen molar-refractivity contribution in [2.24, 2.45) is 5.41 Å². The van der Waals surface area contributed by atoms with E-state index in [9.17, 15) is 0 Å². The zero-order chi connectivity index (χ0) is 22.2. The first-order valence-corrected chi connectivity index (χ1v) is 11.5. The molecule has 3 aromatic rings. The van der Waals surface area contributed by atoms with Crippen LogP contribution in [0.25, 0.3) is 0 Å². The van der Waals surface area contributed by atoms with Crippen molar-refractivity contribution >= 4 is 17.7 Å². The molecule has 3 rings (SSSR count). The molecule has 0 radical (unpaired) electrons. The third-order valence-electron chi connectivity index (χ3n) is 5.96. The van der Waals surface area contributed by atoms with Gasteiger partial charge in [-0.05, 0) is 0 Å². The molecule has 0 amide bonds. The zero-order valence-electron chi connectivity index (χ0n) is 19.4. The van der Waals surface area contributed by atoms with Gasteiger partial charge in [-0.15, -0.1) is 0 Å². The number of rotatable bonds is 10. The van der Waals surface area contributed by atoms with Gasteiger partial charge in [0.15, 0.2) is 0 Å². The molecule has 0 N–H and O–H groups in total. The predicted octanol–water partition coefficient (Wildman–Crippen LogP) is 7.26. The van der Waals surface area contributed by atoms with Gasteiger partial charge in [-0.1, -0.05) is 0 Å². The molecular weight excluding hydrogens is 371 g/mol. The molecule has 0 aliphatic carbocycles. The summed E-state index contributed by atoms with van der Waals surface area (Å²) < 4.78 is 9.36. The molecule has 0 saturated heterocycles. The molecule has 1 unspecified atom stereocenters. The Morgan fingerprint density at radius 2 is 1.19 bits per heavy atom. The van der Waals surface area contributed by atoms with Crippen LogP contribution in [0.3, 0.4) is 0 Å². The van der Waals surface area contributed by atoms with E-state index in [-0.39, 0.29) is 11.5 Å². The molecular formula is C29H33LiO. The Kier molecular flexibility index (Phi) is 8.39. The summed E-state index contributed by atoms with van der Waals surface area (Å²) in [6.07, 6.45) is 5.54. The molecule has 0 aliphatic heterocycles. The van der Waals surface area contributed by atoms with E-state index in [2.05, 4.69) is 140 Å². The molecule has 0 saturated carbocycles. The second-order valence-electron chi connectivity index (χ2n) is 9.08. The van der Waals surface area contributed by atoms with Crippen molar-refractivity contribution in [1.82, 2.24) is 0 Å². The normalized spacial score (nSPS) is 13.5. The fourth-order valence-electron chi connectivity index (χ4n) is 4.64. The van der Waals surface area contributed by atoms with Crippen LogP contribution in [0.15, 0.2) is 102 Å². The van der Waals surface area contributed by atoms with E-state index in [1.807, 2.05) is 0 Å². The van der Waals surface area contributed by atoms with E-state index < -0.39 is 5.60 Å². The summed E-state index contributed by atoms with van der Waals surface area (Å²) in [6, 6.07) is 31.9. The van der Waals surface area contributed by atoms with Crippen LogP contribution in [0, 0.1) is 5.41 Å². The van der Waals surface area contributed by atoms with E-state index in [0.29, 0.717) is 0 Å². The van der Waals surface area contributed by atoms with Crippen LogP contribution in [0.5, 0.6) is 0 Å². The van der Waals surface area contributed by atoms with E-state index >= 15 is 0 Å². The molecule has 31 heavy (non-hydrogen) atoms. The monoisotopic (exact) mass is 404 g/mol. The third kappa shape index (κ3) is 5.81. The van der Waals surface area contributed by atoms with Crippen LogP contribution in [-0.2, 0) is 10.3 Å². The summed E-state index contributed by atoms with van der Waals surface area (Å²) >= 11 is 2.08. The second kappa shape index (κ2) is 11.0. The van der Waals surface area contributed by atoms with E-state index in [4.69, 9.17) is 4.74 Å². The topological polar surface area (TPSA) is 9.23 Å². The van der Waals surface area contributed by atoms with Gasteiger partial charge in [0, 0.05) is 0 Å². The van der Waals surface area contributed by atoms with Gasteiger partial charge in [0.1, 0.15) is 0 Å². The number of hydrogen-bond donors (Lipinski definition) is 0. The molecule has 3 aromatic carbocycles. The summed E-state index contributed by atoms with van der Waals surface area (Å²) in [5.41, 5.74) is 2.96. The van der Waals surface area contributed by atoms with Gasteiger partial charge in [0.25, 0.3) is 0 Å². The van der Waals surface area contributed by atoms with Gasteiger partial charge < -0.3 is 0 Å². The molecule has 156 valence electrons. The van der Waals surface area contributed by atoms with E-state index in [1.54, 1.807) is 0 Å². The van der Waals surface area contributed by atoms with Crippen LogP contribution in [-0.4, -0.2) is 23.8 Å². The molecule has 0 aromatic heterocycles. The Morgan fingerprint density at radius 3 is 1.55 bits per heavy atom. The maximum absolute atomic E-state index is 7.23. The summed E-state index contributed by atoms with van der Waals surface area (Å²) in [6.45, 7) is 6.96. The summed E-state index contributed by atoms with van der Waals surface area (Å²) in [5.74, 6) is 0. The first kappa shape index (κ1) is 23.6. The Hall–Kier alpha value is -2.04. The second-order valence-corrected chi connectivity index (χ2v) is 9.08. The molecule has 0 heterocycles. The summed E-state index contributed by atoms with van der Waals surface area (Å²) in [7, 11) is 0. The zero-order valence-corrected chi connectivity index (χ0v) is 19.4.